The van der Waals surface area contributed by atoms with E-state index in [2.05, 4.69) is 5.32 Å². The number of nitrogens with one attached hydrogen (secondary N) is 1. The van der Waals surface area contributed by atoms with Gasteiger partial charge in [0.25, 0.3) is 0 Å². The van der Waals surface area contributed by atoms with E-state index in [9.17, 15) is 14.0 Å². The Labute approximate surface area is 184 Å². The van der Waals surface area contributed by atoms with E-state index in [4.69, 9.17) is 23.2 Å². The predicted octanol–water partition coefficient (Wildman–Crippen LogP) is 4.92. The van der Waals surface area contributed by atoms with Crippen molar-refractivity contribution in [3.63, 3.8) is 0 Å². The van der Waals surface area contributed by atoms with Gasteiger partial charge in [-0.2, -0.15) is 0 Å². The number of thioether (sulfide) groups is 1. The van der Waals surface area contributed by atoms with Crippen LogP contribution in [-0.2, 0) is 21.9 Å². The summed E-state index contributed by atoms with van der Waals surface area (Å²) in [5.41, 5.74) is 1.52. The van der Waals surface area contributed by atoms with E-state index in [-0.39, 0.29) is 29.9 Å². The second kappa shape index (κ2) is 11.4. The van der Waals surface area contributed by atoms with Crippen molar-refractivity contribution in [1.29, 1.82) is 0 Å². The molecule has 1 N–H and O–H groups in total. The Morgan fingerprint density at radius 3 is 2.34 bits per heavy atom. The second-order valence-electron chi connectivity index (χ2n) is 6.41. The molecule has 2 aromatic carbocycles. The van der Waals surface area contributed by atoms with Gasteiger partial charge in [-0.05, 0) is 43.7 Å². The van der Waals surface area contributed by atoms with Gasteiger partial charge in [-0.1, -0.05) is 41.4 Å². The van der Waals surface area contributed by atoms with Gasteiger partial charge in [-0.3, -0.25) is 9.59 Å². The van der Waals surface area contributed by atoms with Crippen LogP contribution in [0.15, 0.2) is 42.5 Å². The van der Waals surface area contributed by atoms with Gasteiger partial charge < -0.3 is 10.2 Å². The quantitative estimate of drug-likeness (QED) is 0.582. The maximum atomic E-state index is 13.0. The molecule has 2 amide bonds. The molecule has 8 heteroatoms. The van der Waals surface area contributed by atoms with Gasteiger partial charge in [-0.15, -0.1) is 11.8 Å². The molecule has 0 fully saturated rings. The molecule has 0 aliphatic carbocycles. The molecule has 2 rings (SSSR count). The molecule has 0 aliphatic heterocycles. The summed E-state index contributed by atoms with van der Waals surface area (Å²) in [5, 5.41) is 3.63. The summed E-state index contributed by atoms with van der Waals surface area (Å²) in [7, 11) is 0. The fraction of sp³-hybridized carbons (Fsp3) is 0.333. The minimum Gasteiger partial charge on any atom is -0.355 e. The average molecular weight is 457 g/mol. The Kier molecular flexibility index (Phi) is 9.27. The summed E-state index contributed by atoms with van der Waals surface area (Å²) < 4.78 is 13.0. The molecule has 4 nitrogen and oxygen atoms in total. The molecule has 0 bridgehead atoms. The van der Waals surface area contributed by atoms with Crippen LogP contribution < -0.4 is 5.32 Å². The first-order valence-electron chi connectivity index (χ1n) is 9.15. The Hall–Kier alpha value is -1.76. The van der Waals surface area contributed by atoms with Crippen molar-refractivity contribution < 1.29 is 14.0 Å². The first-order valence-corrected chi connectivity index (χ1v) is 11.1. The normalized spacial score (nSPS) is 11.8. The SMILES string of the molecule is CCNC(=O)C(C)N(Cc1c(Cl)cccc1Cl)C(=O)CSCc1ccc(F)cc1. The van der Waals surface area contributed by atoms with Crippen LogP contribution in [0, 0.1) is 5.82 Å². The van der Waals surface area contributed by atoms with Crippen molar-refractivity contribution in [2.45, 2.75) is 32.2 Å². The Bertz CT molecular complexity index is 829. The number of halogens is 3. The molecule has 2 aromatic rings. The largest absolute Gasteiger partial charge is 0.355 e. The highest BCUT2D eigenvalue weighted by atomic mass is 35.5. The highest BCUT2D eigenvalue weighted by Crippen LogP contribution is 2.27. The van der Waals surface area contributed by atoms with E-state index < -0.39 is 6.04 Å². The van der Waals surface area contributed by atoms with Crippen LogP contribution in [0.3, 0.4) is 0 Å². The monoisotopic (exact) mass is 456 g/mol. The zero-order valence-electron chi connectivity index (χ0n) is 16.3. The highest BCUT2D eigenvalue weighted by molar-refractivity contribution is 7.99. The van der Waals surface area contributed by atoms with Gasteiger partial charge in [0.15, 0.2) is 0 Å². The van der Waals surface area contributed by atoms with Gasteiger partial charge in [0.05, 0.1) is 5.75 Å². The lowest BCUT2D eigenvalue weighted by molar-refractivity contribution is -0.138. The number of hydrogen-bond donors (Lipinski definition) is 1. The minimum atomic E-state index is -0.679. The molecule has 1 atom stereocenters. The third-order valence-corrected chi connectivity index (χ3v) is 6.01. The van der Waals surface area contributed by atoms with E-state index in [1.807, 2.05) is 6.92 Å². The average Bonchev–Trinajstić information content (AvgIpc) is 2.69. The van der Waals surface area contributed by atoms with Gasteiger partial charge in [0, 0.05) is 34.5 Å². The van der Waals surface area contributed by atoms with Gasteiger partial charge in [0.1, 0.15) is 11.9 Å². The van der Waals surface area contributed by atoms with Crippen LogP contribution in [0.1, 0.15) is 25.0 Å². The van der Waals surface area contributed by atoms with E-state index in [0.29, 0.717) is 27.9 Å². The van der Waals surface area contributed by atoms with E-state index >= 15 is 0 Å². The van der Waals surface area contributed by atoms with Crippen LogP contribution in [0.25, 0.3) is 0 Å². The third-order valence-electron chi connectivity index (χ3n) is 4.32. The predicted molar refractivity (Wildman–Crippen MR) is 118 cm³/mol. The number of nitrogens with zero attached hydrogens (tertiary/aromatic N) is 1. The molecule has 0 radical (unpaired) electrons. The van der Waals surface area contributed by atoms with Crippen LogP contribution >= 0.6 is 35.0 Å². The van der Waals surface area contributed by atoms with Crippen LogP contribution in [0.4, 0.5) is 4.39 Å². The fourth-order valence-electron chi connectivity index (χ4n) is 2.68. The molecule has 0 saturated carbocycles. The van der Waals surface area contributed by atoms with Crippen LogP contribution in [-0.4, -0.2) is 35.1 Å². The van der Waals surface area contributed by atoms with E-state index in [1.165, 1.54) is 28.8 Å². The van der Waals surface area contributed by atoms with Gasteiger partial charge in [-0.25, -0.2) is 4.39 Å². The lowest BCUT2D eigenvalue weighted by Crippen LogP contribution is -2.48. The Morgan fingerprint density at radius 2 is 1.76 bits per heavy atom. The first-order chi connectivity index (χ1) is 13.8. The van der Waals surface area contributed by atoms with Crippen LogP contribution in [0.2, 0.25) is 10.0 Å². The van der Waals surface area contributed by atoms with Crippen LogP contribution in [0.5, 0.6) is 0 Å². The number of likely N-dealkylation sites (N-methyl/N-ethyl adjacent to an activating group) is 1. The zero-order chi connectivity index (χ0) is 21.4. The highest BCUT2D eigenvalue weighted by Gasteiger charge is 2.27. The maximum absolute atomic E-state index is 13.0. The molecule has 29 heavy (non-hydrogen) atoms. The van der Waals surface area contributed by atoms with E-state index in [0.717, 1.165) is 5.56 Å². The first kappa shape index (κ1) is 23.5. The fourth-order valence-corrected chi connectivity index (χ4v) is 4.07. The molecule has 0 saturated heterocycles. The lowest BCUT2D eigenvalue weighted by atomic mass is 10.1. The van der Waals surface area contributed by atoms with E-state index in [1.54, 1.807) is 37.3 Å². The number of carbonyl (C=O) groups excluding carboxylic acids is 2. The summed E-state index contributed by atoms with van der Waals surface area (Å²) in [6.45, 7) is 4.10. The molecule has 0 aliphatic rings. The lowest BCUT2D eigenvalue weighted by Gasteiger charge is -2.29. The summed E-state index contributed by atoms with van der Waals surface area (Å²) in [6, 6.07) is 10.6. The molecule has 0 heterocycles. The summed E-state index contributed by atoms with van der Waals surface area (Å²) >= 11 is 13.9. The van der Waals surface area contributed by atoms with Crippen molar-refractivity contribution in [3.8, 4) is 0 Å². The van der Waals surface area contributed by atoms with Crippen molar-refractivity contribution >= 4 is 46.8 Å². The Morgan fingerprint density at radius 1 is 1.14 bits per heavy atom. The number of carbonyl (C=O) groups is 2. The Balaban J connectivity index is 2.11. The molecular formula is C21H23Cl2FN2O2S. The number of rotatable bonds is 9. The second-order valence-corrected chi connectivity index (χ2v) is 8.21. The molecule has 0 aromatic heterocycles. The summed E-state index contributed by atoms with van der Waals surface area (Å²) in [6.07, 6.45) is 0. The molecule has 1 unspecified atom stereocenters. The summed E-state index contributed by atoms with van der Waals surface area (Å²) in [4.78, 5) is 26.8. The van der Waals surface area contributed by atoms with Crippen molar-refractivity contribution in [2.24, 2.45) is 0 Å². The maximum Gasteiger partial charge on any atom is 0.242 e. The zero-order valence-corrected chi connectivity index (χ0v) is 18.6. The molecule has 156 valence electrons. The van der Waals surface area contributed by atoms with Crippen molar-refractivity contribution in [3.05, 3.63) is 69.5 Å². The van der Waals surface area contributed by atoms with Crippen molar-refractivity contribution in [1.82, 2.24) is 10.2 Å². The molecular weight excluding hydrogens is 434 g/mol. The topological polar surface area (TPSA) is 49.4 Å². The third kappa shape index (κ3) is 6.91. The standard InChI is InChI=1S/C21H23Cl2FN2O2S/c1-3-25-21(28)14(2)26(11-17-18(22)5-4-6-19(17)23)20(27)13-29-12-15-7-9-16(24)10-8-15/h4-10,14H,3,11-13H2,1-2H3,(H,25,28). The van der Waals surface area contributed by atoms with Gasteiger partial charge >= 0.3 is 0 Å². The molecule has 0 spiro atoms. The number of hydrogen-bond acceptors (Lipinski definition) is 3. The number of benzene rings is 2. The summed E-state index contributed by atoms with van der Waals surface area (Å²) in [5.74, 6) is -0.0152. The van der Waals surface area contributed by atoms with Crippen molar-refractivity contribution in [2.75, 3.05) is 12.3 Å². The van der Waals surface area contributed by atoms with Gasteiger partial charge in [0.2, 0.25) is 11.8 Å². The smallest absolute Gasteiger partial charge is 0.242 e. The minimum absolute atomic E-state index is 0.132. The number of amides is 2.